The molecule has 2 aliphatic rings. The molecule has 9 nitrogen and oxygen atoms in total. The average molecular weight is 465 g/mol. The summed E-state index contributed by atoms with van der Waals surface area (Å²) in [6.45, 7) is 2.15. The lowest BCUT2D eigenvalue weighted by atomic mass is 10.0. The summed E-state index contributed by atoms with van der Waals surface area (Å²) in [6, 6.07) is 3.93. The number of nitrogens with one attached hydrogen (secondary N) is 2. The summed E-state index contributed by atoms with van der Waals surface area (Å²) < 4.78 is 44.9. The van der Waals surface area contributed by atoms with Crippen LogP contribution in [-0.2, 0) is 21.1 Å². The van der Waals surface area contributed by atoms with E-state index in [1.54, 1.807) is 19.1 Å². The highest BCUT2D eigenvalue weighted by atomic mass is 32.2. The molecule has 4 rings (SSSR count). The lowest BCUT2D eigenvalue weighted by molar-refractivity contribution is -0.117. The zero-order valence-corrected chi connectivity index (χ0v) is 18.5. The van der Waals surface area contributed by atoms with Crippen LogP contribution in [0.25, 0.3) is 0 Å². The molecule has 0 unspecified atom stereocenters. The van der Waals surface area contributed by atoms with E-state index < -0.39 is 27.6 Å². The van der Waals surface area contributed by atoms with E-state index >= 15 is 0 Å². The Hall–Kier alpha value is -2.95. The van der Waals surface area contributed by atoms with Gasteiger partial charge in [0.05, 0.1) is 24.3 Å². The Balaban J connectivity index is 1.33. The number of nitrogens with zero attached hydrogens (tertiary/aromatic N) is 2. The van der Waals surface area contributed by atoms with Crippen molar-refractivity contribution in [1.82, 2.24) is 15.3 Å². The largest absolute Gasteiger partial charge is 0.490 e. The van der Waals surface area contributed by atoms with Crippen molar-refractivity contribution in [3.05, 3.63) is 41.6 Å². The summed E-state index contributed by atoms with van der Waals surface area (Å²) in [5, 5.41) is 2.16. The van der Waals surface area contributed by atoms with Gasteiger partial charge in [0.15, 0.2) is 21.4 Å². The number of imide groups is 1. The molecule has 2 N–H and O–H groups in total. The molecule has 0 spiro atoms. The van der Waals surface area contributed by atoms with Gasteiger partial charge in [0, 0.05) is 6.42 Å². The van der Waals surface area contributed by atoms with E-state index in [0.29, 0.717) is 29.7 Å². The third-order valence-electron chi connectivity index (χ3n) is 5.55. The van der Waals surface area contributed by atoms with Crippen molar-refractivity contribution < 1.29 is 27.1 Å². The molecule has 2 heterocycles. The summed E-state index contributed by atoms with van der Waals surface area (Å²) in [7, 11) is -3.44. The number of sulfone groups is 1. The third kappa shape index (κ3) is 5.45. The number of hydrogen-bond donors (Lipinski definition) is 2. The minimum atomic E-state index is -3.44. The van der Waals surface area contributed by atoms with E-state index in [2.05, 4.69) is 15.3 Å². The van der Waals surface area contributed by atoms with Gasteiger partial charge in [-0.05, 0) is 42.4 Å². The van der Waals surface area contributed by atoms with Crippen LogP contribution in [0.1, 0.15) is 37.1 Å². The second kappa shape index (κ2) is 8.89. The average Bonchev–Trinajstić information content (AvgIpc) is 3.33. The molecule has 2 fully saturated rings. The van der Waals surface area contributed by atoms with Gasteiger partial charge in [-0.1, -0.05) is 13.0 Å². The van der Waals surface area contributed by atoms with E-state index in [1.807, 2.05) is 0 Å². The van der Waals surface area contributed by atoms with Crippen LogP contribution < -0.4 is 15.0 Å². The van der Waals surface area contributed by atoms with Gasteiger partial charge < -0.3 is 9.72 Å². The minimum absolute atomic E-state index is 0.0999. The number of carbonyl (C=O) groups is 2. The van der Waals surface area contributed by atoms with Gasteiger partial charge >= 0.3 is 6.03 Å². The number of anilines is 1. The predicted molar refractivity (Wildman–Crippen MR) is 115 cm³/mol. The lowest BCUT2D eigenvalue weighted by Crippen LogP contribution is -2.28. The van der Waals surface area contributed by atoms with Crippen LogP contribution in [0.15, 0.2) is 24.4 Å². The van der Waals surface area contributed by atoms with Crippen LogP contribution in [-0.4, -0.2) is 55.0 Å². The predicted octanol–water partition coefficient (Wildman–Crippen LogP) is 2.15. The smallest absolute Gasteiger partial charge is 0.330 e. The zero-order chi connectivity index (χ0) is 22.9. The molecule has 1 aromatic heterocycles. The molecule has 32 heavy (non-hydrogen) atoms. The van der Waals surface area contributed by atoms with Gasteiger partial charge in [-0.2, -0.15) is 0 Å². The molecule has 0 bridgehead atoms. The van der Waals surface area contributed by atoms with Gasteiger partial charge in [-0.3, -0.25) is 15.0 Å². The Kier molecular flexibility index (Phi) is 6.18. The van der Waals surface area contributed by atoms with Crippen molar-refractivity contribution >= 4 is 27.6 Å². The summed E-state index contributed by atoms with van der Waals surface area (Å²) in [6.07, 6.45) is 3.72. The molecular weight excluding hydrogens is 439 g/mol. The fourth-order valence-electron chi connectivity index (χ4n) is 3.49. The Morgan fingerprint density at radius 3 is 2.78 bits per heavy atom. The first kappa shape index (κ1) is 22.3. The molecule has 172 valence electrons. The van der Waals surface area contributed by atoms with Gasteiger partial charge in [-0.15, -0.1) is 0 Å². The number of imidazole rings is 1. The third-order valence-corrected chi connectivity index (χ3v) is 7.38. The maximum Gasteiger partial charge on any atom is 0.330 e. The van der Waals surface area contributed by atoms with Crippen LogP contribution in [0, 0.1) is 11.7 Å². The zero-order valence-electron chi connectivity index (χ0n) is 17.6. The number of rotatable bonds is 10. The van der Waals surface area contributed by atoms with E-state index in [9.17, 15) is 22.4 Å². The fraction of sp³-hybridized carbons (Fsp3) is 0.476. The van der Waals surface area contributed by atoms with Crippen molar-refractivity contribution in [2.24, 2.45) is 5.92 Å². The Morgan fingerprint density at radius 1 is 1.31 bits per heavy atom. The van der Waals surface area contributed by atoms with Crippen molar-refractivity contribution in [2.75, 3.05) is 29.6 Å². The number of halogens is 1. The van der Waals surface area contributed by atoms with Crippen LogP contribution in [0.4, 0.5) is 15.0 Å². The molecule has 2 aromatic rings. The molecule has 3 amide bonds. The molecule has 1 aromatic carbocycles. The van der Waals surface area contributed by atoms with Gasteiger partial charge in [0.2, 0.25) is 5.91 Å². The number of aromatic nitrogens is 2. The van der Waals surface area contributed by atoms with Crippen LogP contribution in [0.2, 0.25) is 0 Å². The first-order valence-corrected chi connectivity index (χ1v) is 12.3. The summed E-state index contributed by atoms with van der Waals surface area (Å²) in [4.78, 5) is 31.2. The number of ether oxygens (including phenoxy) is 1. The maximum absolute atomic E-state index is 14.0. The monoisotopic (exact) mass is 464 g/mol. The standard InChI is InChI=1S/C21H25FN4O5S/c1-13(15-4-5-16(22)17(8-15)31-11-14-2-3-14)12-32(29,30)7-6-18-23-9-19(24-18)26-10-20(27)25-21(26)28/h4-5,8-9,13-14H,2-3,6-7,10-12H2,1H3,(H,23,24)(H,25,27,28)/t13-/m0/s1. The molecule has 1 aliphatic carbocycles. The normalized spacial score (nSPS) is 17.5. The van der Waals surface area contributed by atoms with Gasteiger partial charge in [-0.25, -0.2) is 22.6 Å². The fourth-order valence-corrected chi connectivity index (χ4v) is 5.12. The highest BCUT2D eigenvalue weighted by Crippen LogP contribution is 2.31. The molecule has 1 saturated heterocycles. The molecule has 1 saturated carbocycles. The lowest BCUT2D eigenvalue weighted by Gasteiger charge is -2.15. The summed E-state index contributed by atoms with van der Waals surface area (Å²) in [5.74, 6) is -0.0603. The summed E-state index contributed by atoms with van der Waals surface area (Å²) >= 11 is 0. The number of carbonyl (C=O) groups excluding carboxylic acids is 2. The van der Waals surface area contributed by atoms with Crippen LogP contribution in [0.3, 0.4) is 0 Å². The molecule has 11 heteroatoms. The van der Waals surface area contributed by atoms with Gasteiger partial charge in [0.25, 0.3) is 0 Å². The number of benzene rings is 1. The Bertz CT molecular complexity index is 1130. The van der Waals surface area contributed by atoms with Crippen molar-refractivity contribution in [3.63, 3.8) is 0 Å². The Labute approximate surface area is 185 Å². The topological polar surface area (TPSA) is 121 Å². The number of urea groups is 1. The molecule has 1 atom stereocenters. The minimum Gasteiger partial charge on any atom is -0.490 e. The van der Waals surface area contributed by atoms with Crippen molar-refractivity contribution in [3.8, 4) is 5.75 Å². The van der Waals surface area contributed by atoms with E-state index in [-0.39, 0.29) is 36.1 Å². The highest BCUT2D eigenvalue weighted by molar-refractivity contribution is 7.91. The van der Waals surface area contributed by atoms with Gasteiger partial charge in [0.1, 0.15) is 18.2 Å². The quantitative estimate of drug-likeness (QED) is 0.520. The number of hydrogen-bond acceptors (Lipinski definition) is 6. The SMILES string of the molecule is C[C@@H](CS(=O)(=O)CCc1ncc(N2CC(=O)NC2=O)[nH]1)c1ccc(F)c(OCC2CC2)c1. The first-order valence-electron chi connectivity index (χ1n) is 10.5. The molecule has 0 radical (unpaired) electrons. The van der Waals surface area contributed by atoms with Crippen LogP contribution >= 0.6 is 0 Å². The second-order valence-corrected chi connectivity index (χ2v) is 10.6. The number of amides is 3. The number of aromatic amines is 1. The molecular formula is C21H25FN4O5S. The van der Waals surface area contributed by atoms with E-state index in [4.69, 9.17) is 4.74 Å². The maximum atomic E-state index is 14.0. The second-order valence-electron chi connectivity index (χ2n) is 8.36. The first-order chi connectivity index (χ1) is 15.2. The van der Waals surface area contributed by atoms with Crippen molar-refractivity contribution in [2.45, 2.75) is 32.1 Å². The molecule has 1 aliphatic heterocycles. The Morgan fingerprint density at radius 2 is 2.09 bits per heavy atom. The highest BCUT2D eigenvalue weighted by Gasteiger charge is 2.29. The van der Waals surface area contributed by atoms with E-state index in [1.165, 1.54) is 17.2 Å². The van der Waals surface area contributed by atoms with Crippen LogP contribution in [0.5, 0.6) is 5.75 Å². The summed E-state index contributed by atoms with van der Waals surface area (Å²) in [5.41, 5.74) is 0.700. The number of H-pyrrole nitrogens is 1. The van der Waals surface area contributed by atoms with E-state index in [0.717, 1.165) is 12.8 Å². The van der Waals surface area contributed by atoms with Crippen molar-refractivity contribution in [1.29, 1.82) is 0 Å². The number of aryl methyl sites for hydroxylation is 1.